The molecule has 0 fully saturated rings. The highest BCUT2D eigenvalue weighted by molar-refractivity contribution is 6.30. The van der Waals surface area contributed by atoms with Crippen molar-refractivity contribution in [2.75, 3.05) is 20.8 Å². The number of nitrogens with one attached hydrogen (secondary N) is 1. The van der Waals surface area contributed by atoms with Gasteiger partial charge in [-0.05, 0) is 48.2 Å². The number of carbonyl (C=O) groups is 2. The molecule has 0 heterocycles. The van der Waals surface area contributed by atoms with E-state index in [0.29, 0.717) is 35.5 Å². The van der Waals surface area contributed by atoms with Gasteiger partial charge in [-0.25, -0.2) is 0 Å². The Kier molecular flexibility index (Phi) is 9.19. The third-order valence-corrected chi connectivity index (χ3v) is 5.17. The number of ether oxygens (including phenoxy) is 2. The van der Waals surface area contributed by atoms with Crippen molar-refractivity contribution < 1.29 is 19.1 Å². The van der Waals surface area contributed by atoms with E-state index >= 15 is 0 Å². The zero-order chi connectivity index (χ0) is 23.0. The predicted octanol–water partition coefficient (Wildman–Crippen LogP) is 4.09. The standard InChI is InChI=1S/C24H31ClN2O4/c1-16(2)14-26-24(29)17(3)27(15-18-6-9-20(25)10-7-18)23(28)13-19-8-11-21(30-4)22(12-19)31-5/h6-12,16-17H,13-15H2,1-5H3,(H,26,29)/t17-/m1/s1. The fourth-order valence-corrected chi connectivity index (χ4v) is 3.21. The van der Waals surface area contributed by atoms with Crippen molar-refractivity contribution >= 4 is 23.4 Å². The molecule has 2 rings (SSSR count). The van der Waals surface area contributed by atoms with E-state index in [2.05, 4.69) is 5.32 Å². The Labute approximate surface area is 189 Å². The summed E-state index contributed by atoms with van der Waals surface area (Å²) in [5.74, 6) is 1.14. The molecule has 1 N–H and O–H groups in total. The molecule has 2 aromatic rings. The second-order valence-electron chi connectivity index (χ2n) is 7.83. The Bertz CT molecular complexity index is 884. The Balaban J connectivity index is 2.24. The SMILES string of the molecule is COc1ccc(CC(=O)N(Cc2ccc(Cl)cc2)[C@H](C)C(=O)NCC(C)C)cc1OC. The first kappa shape index (κ1) is 24.5. The van der Waals surface area contributed by atoms with Crippen molar-refractivity contribution in [3.63, 3.8) is 0 Å². The van der Waals surface area contributed by atoms with Crippen molar-refractivity contribution in [3.05, 3.63) is 58.6 Å². The number of halogens is 1. The van der Waals surface area contributed by atoms with Gasteiger partial charge in [-0.3, -0.25) is 9.59 Å². The summed E-state index contributed by atoms with van der Waals surface area (Å²) in [6.07, 6.45) is 0.135. The number of carbonyl (C=O) groups excluding carboxylic acids is 2. The summed E-state index contributed by atoms with van der Waals surface area (Å²) in [5, 5.41) is 3.54. The largest absolute Gasteiger partial charge is 0.493 e. The van der Waals surface area contributed by atoms with Crippen LogP contribution in [0.1, 0.15) is 31.9 Å². The van der Waals surface area contributed by atoms with E-state index in [1.54, 1.807) is 50.3 Å². The van der Waals surface area contributed by atoms with Crippen molar-refractivity contribution in [2.45, 2.75) is 39.8 Å². The maximum Gasteiger partial charge on any atom is 0.242 e. The first-order valence-electron chi connectivity index (χ1n) is 10.3. The molecule has 0 aliphatic carbocycles. The number of benzene rings is 2. The van der Waals surface area contributed by atoms with Gasteiger partial charge in [0.25, 0.3) is 0 Å². The topological polar surface area (TPSA) is 67.9 Å². The molecule has 0 bridgehead atoms. The first-order chi connectivity index (χ1) is 14.7. The van der Waals surface area contributed by atoms with Gasteiger partial charge in [0.15, 0.2) is 11.5 Å². The summed E-state index contributed by atoms with van der Waals surface area (Å²) in [6, 6.07) is 12.0. The normalized spacial score (nSPS) is 11.7. The number of amides is 2. The average molecular weight is 447 g/mol. The molecule has 2 amide bonds. The lowest BCUT2D eigenvalue weighted by molar-refractivity contribution is -0.140. The van der Waals surface area contributed by atoms with Gasteiger partial charge in [0.05, 0.1) is 20.6 Å². The molecule has 7 heteroatoms. The van der Waals surface area contributed by atoms with E-state index in [1.165, 1.54) is 0 Å². The first-order valence-corrected chi connectivity index (χ1v) is 10.7. The number of methoxy groups -OCH3 is 2. The van der Waals surface area contributed by atoms with Crippen LogP contribution in [-0.2, 0) is 22.6 Å². The molecule has 0 spiro atoms. The lowest BCUT2D eigenvalue weighted by atomic mass is 10.1. The van der Waals surface area contributed by atoms with Crippen LogP contribution in [0.25, 0.3) is 0 Å². The summed E-state index contributed by atoms with van der Waals surface area (Å²) in [5.41, 5.74) is 1.67. The summed E-state index contributed by atoms with van der Waals surface area (Å²) >= 11 is 5.99. The zero-order valence-corrected chi connectivity index (χ0v) is 19.5. The molecular formula is C24H31ClN2O4. The van der Waals surface area contributed by atoms with Crippen molar-refractivity contribution in [1.29, 1.82) is 0 Å². The van der Waals surface area contributed by atoms with Crippen molar-refractivity contribution in [1.82, 2.24) is 10.2 Å². The molecule has 0 saturated carbocycles. The van der Waals surface area contributed by atoms with E-state index in [0.717, 1.165) is 11.1 Å². The van der Waals surface area contributed by atoms with Gasteiger partial charge >= 0.3 is 0 Å². The minimum absolute atomic E-state index is 0.135. The van der Waals surface area contributed by atoms with Gasteiger partial charge in [0, 0.05) is 18.1 Å². The minimum atomic E-state index is -0.623. The molecule has 6 nitrogen and oxygen atoms in total. The summed E-state index contributed by atoms with van der Waals surface area (Å²) < 4.78 is 10.6. The molecular weight excluding hydrogens is 416 g/mol. The third-order valence-electron chi connectivity index (χ3n) is 4.92. The van der Waals surface area contributed by atoms with E-state index in [1.807, 2.05) is 32.0 Å². The fraction of sp³-hybridized carbons (Fsp3) is 0.417. The van der Waals surface area contributed by atoms with Crippen LogP contribution < -0.4 is 14.8 Å². The number of nitrogens with zero attached hydrogens (tertiary/aromatic N) is 1. The molecule has 0 aliphatic rings. The van der Waals surface area contributed by atoms with Crippen LogP contribution >= 0.6 is 11.6 Å². The monoisotopic (exact) mass is 446 g/mol. The second kappa shape index (κ2) is 11.6. The van der Waals surface area contributed by atoms with Gasteiger partial charge in [0.1, 0.15) is 6.04 Å². The highest BCUT2D eigenvalue weighted by Gasteiger charge is 2.26. The summed E-state index contributed by atoms with van der Waals surface area (Å²) in [4.78, 5) is 27.6. The van der Waals surface area contributed by atoms with E-state index in [9.17, 15) is 9.59 Å². The summed E-state index contributed by atoms with van der Waals surface area (Å²) in [6.45, 7) is 6.66. The minimum Gasteiger partial charge on any atom is -0.493 e. The van der Waals surface area contributed by atoms with Crippen LogP contribution in [0.15, 0.2) is 42.5 Å². The molecule has 0 radical (unpaired) electrons. The highest BCUT2D eigenvalue weighted by atomic mass is 35.5. The van der Waals surface area contributed by atoms with E-state index in [4.69, 9.17) is 21.1 Å². The lowest BCUT2D eigenvalue weighted by Crippen LogP contribution is -2.48. The Hall–Kier alpha value is -2.73. The fourth-order valence-electron chi connectivity index (χ4n) is 3.09. The molecule has 0 saturated heterocycles. The quantitative estimate of drug-likeness (QED) is 0.596. The van der Waals surface area contributed by atoms with E-state index < -0.39 is 6.04 Å². The maximum absolute atomic E-state index is 13.3. The van der Waals surface area contributed by atoms with Gasteiger partial charge < -0.3 is 19.7 Å². The molecule has 1 atom stereocenters. The van der Waals surface area contributed by atoms with Gasteiger partial charge in [-0.15, -0.1) is 0 Å². The Morgan fingerprint density at radius 3 is 2.16 bits per heavy atom. The summed E-state index contributed by atoms with van der Waals surface area (Å²) in [7, 11) is 3.12. The van der Waals surface area contributed by atoms with Crippen LogP contribution in [0.5, 0.6) is 11.5 Å². The number of rotatable bonds is 10. The van der Waals surface area contributed by atoms with Crippen LogP contribution in [0.3, 0.4) is 0 Å². The van der Waals surface area contributed by atoms with Crippen molar-refractivity contribution in [3.8, 4) is 11.5 Å². The Morgan fingerprint density at radius 1 is 0.968 bits per heavy atom. The third kappa shape index (κ3) is 7.17. The molecule has 168 valence electrons. The highest BCUT2D eigenvalue weighted by Crippen LogP contribution is 2.28. The molecule has 0 aliphatic heterocycles. The maximum atomic E-state index is 13.3. The van der Waals surface area contributed by atoms with Crippen LogP contribution in [0, 0.1) is 5.92 Å². The van der Waals surface area contributed by atoms with Gasteiger partial charge in [0.2, 0.25) is 11.8 Å². The average Bonchev–Trinajstić information content (AvgIpc) is 2.76. The van der Waals surface area contributed by atoms with Crippen LogP contribution in [0.2, 0.25) is 5.02 Å². The Morgan fingerprint density at radius 2 is 1.58 bits per heavy atom. The van der Waals surface area contributed by atoms with Crippen LogP contribution in [0.4, 0.5) is 0 Å². The predicted molar refractivity (Wildman–Crippen MR) is 123 cm³/mol. The smallest absolute Gasteiger partial charge is 0.242 e. The number of hydrogen-bond donors (Lipinski definition) is 1. The number of hydrogen-bond acceptors (Lipinski definition) is 4. The molecule has 0 aromatic heterocycles. The van der Waals surface area contributed by atoms with Crippen LogP contribution in [-0.4, -0.2) is 43.5 Å². The van der Waals surface area contributed by atoms with E-state index in [-0.39, 0.29) is 18.2 Å². The molecule has 31 heavy (non-hydrogen) atoms. The zero-order valence-electron chi connectivity index (χ0n) is 18.8. The molecule has 2 aromatic carbocycles. The van der Waals surface area contributed by atoms with Gasteiger partial charge in [-0.1, -0.05) is 43.6 Å². The van der Waals surface area contributed by atoms with Gasteiger partial charge in [-0.2, -0.15) is 0 Å². The van der Waals surface area contributed by atoms with Crippen molar-refractivity contribution in [2.24, 2.45) is 5.92 Å². The lowest BCUT2D eigenvalue weighted by Gasteiger charge is -2.29. The second-order valence-corrected chi connectivity index (χ2v) is 8.27. The molecule has 0 unspecified atom stereocenters.